The molecule has 94 valence electrons. The molecule has 5 heteroatoms. The first-order valence-electron chi connectivity index (χ1n) is 5.34. The molecule has 1 heterocycles. The average Bonchev–Trinajstić information content (AvgIpc) is 2.47. The van der Waals surface area contributed by atoms with Crippen molar-refractivity contribution in [3.63, 3.8) is 0 Å². The van der Waals surface area contributed by atoms with E-state index in [-0.39, 0.29) is 23.0 Å². The smallest absolute Gasteiger partial charge is 0.395 e. The molecule has 0 bridgehead atoms. The Kier molecular flexibility index (Phi) is 2.54. The molecular weight excluding hydrogens is 228 g/mol. The van der Waals surface area contributed by atoms with Crippen LogP contribution in [0.5, 0.6) is 11.5 Å². The van der Waals surface area contributed by atoms with Crippen LogP contribution < -0.4 is 15.2 Å². The third-order valence-electron chi connectivity index (χ3n) is 2.72. The van der Waals surface area contributed by atoms with Crippen molar-refractivity contribution >= 4 is 0 Å². The molecule has 0 unspecified atom stereocenters. The molecular formula is C12H15F2NO2. The maximum absolute atomic E-state index is 12.8. The van der Waals surface area contributed by atoms with Crippen molar-refractivity contribution in [1.82, 2.24) is 0 Å². The number of hydrogen-bond donors (Lipinski definition) is 1. The summed E-state index contributed by atoms with van der Waals surface area (Å²) in [6.45, 7) is 5.95. The molecule has 0 aromatic heterocycles. The van der Waals surface area contributed by atoms with E-state index >= 15 is 0 Å². The van der Waals surface area contributed by atoms with Gasteiger partial charge in [0.25, 0.3) is 0 Å². The van der Waals surface area contributed by atoms with Crippen LogP contribution in [0.3, 0.4) is 0 Å². The zero-order chi connectivity index (χ0) is 12.8. The Hall–Kier alpha value is -1.36. The minimum Gasteiger partial charge on any atom is -0.395 e. The molecule has 1 aliphatic heterocycles. The third-order valence-corrected chi connectivity index (χ3v) is 2.72. The molecule has 0 saturated heterocycles. The van der Waals surface area contributed by atoms with Gasteiger partial charge in [0.05, 0.1) is 0 Å². The molecule has 0 amide bonds. The van der Waals surface area contributed by atoms with Crippen LogP contribution in [0.4, 0.5) is 8.78 Å². The van der Waals surface area contributed by atoms with Crippen LogP contribution in [0.1, 0.15) is 32.4 Å². The summed E-state index contributed by atoms with van der Waals surface area (Å²) in [7, 11) is 0. The second-order valence-corrected chi connectivity index (χ2v) is 5.22. The van der Waals surface area contributed by atoms with Crippen LogP contribution in [-0.4, -0.2) is 6.29 Å². The van der Waals surface area contributed by atoms with Gasteiger partial charge < -0.3 is 15.2 Å². The van der Waals surface area contributed by atoms with Crippen molar-refractivity contribution in [2.24, 2.45) is 11.1 Å². The Morgan fingerprint density at radius 3 is 2.35 bits per heavy atom. The highest BCUT2D eigenvalue weighted by Gasteiger charge is 2.43. The molecule has 1 atom stereocenters. The van der Waals surface area contributed by atoms with Gasteiger partial charge in [-0.3, -0.25) is 0 Å². The Balaban J connectivity index is 2.31. The molecule has 0 saturated carbocycles. The Morgan fingerprint density at radius 2 is 1.76 bits per heavy atom. The van der Waals surface area contributed by atoms with Crippen LogP contribution in [0.2, 0.25) is 0 Å². The van der Waals surface area contributed by atoms with Crippen molar-refractivity contribution in [3.05, 3.63) is 23.8 Å². The second-order valence-electron chi connectivity index (χ2n) is 5.22. The van der Waals surface area contributed by atoms with Gasteiger partial charge in [0.2, 0.25) is 0 Å². The molecule has 0 radical (unpaired) electrons. The lowest BCUT2D eigenvalue weighted by Gasteiger charge is -2.27. The summed E-state index contributed by atoms with van der Waals surface area (Å²) in [4.78, 5) is 0. The minimum atomic E-state index is -3.58. The van der Waals surface area contributed by atoms with Crippen molar-refractivity contribution in [3.8, 4) is 11.5 Å². The second kappa shape index (κ2) is 3.57. The van der Waals surface area contributed by atoms with E-state index in [9.17, 15) is 8.78 Å². The maximum atomic E-state index is 12.8. The summed E-state index contributed by atoms with van der Waals surface area (Å²) in [6.07, 6.45) is -3.58. The minimum absolute atomic E-state index is 0.0344. The SMILES string of the molecule is CC(C)(C)[C@H](N)c1ccc2c(c1)OC(F)(F)O2. The fraction of sp³-hybridized carbons (Fsp3) is 0.500. The number of fused-ring (bicyclic) bond motifs is 1. The van der Waals surface area contributed by atoms with Crippen LogP contribution in [0.25, 0.3) is 0 Å². The Labute approximate surface area is 98.5 Å². The quantitative estimate of drug-likeness (QED) is 0.824. The fourth-order valence-corrected chi connectivity index (χ4v) is 1.66. The number of halogens is 2. The summed E-state index contributed by atoms with van der Waals surface area (Å²) in [5, 5.41) is 0. The van der Waals surface area contributed by atoms with Crippen LogP contribution in [-0.2, 0) is 0 Å². The maximum Gasteiger partial charge on any atom is 0.586 e. The Morgan fingerprint density at radius 1 is 1.18 bits per heavy atom. The summed E-state index contributed by atoms with van der Waals surface area (Å²) in [5.41, 5.74) is 6.64. The van der Waals surface area contributed by atoms with Crippen molar-refractivity contribution in [1.29, 1.82) is 0 Å². The van der Waals surface area contributed by atoms with E-state index in [1.54, 1.807) is 6.07 Å². The van der Waals surface area contributed by atoms with Gasteiger partial charge in [-0.2, -0.15) is 0 Å². The lowest BCUT2D eigenvalue weighted by Crippen LogP contribution is -2.26. The molecule has 3 nitrogen and oxygen atoms in total. The van der Waals surface area contributed by atoms with Gasteiger partial charge in [-0.15, -0.1) is 8.78 Å². The predicted molar refractivity (Wildman–Crippen MR) is 59.0 cm³/mol. The molecule has 1 aromatic carbocycles. The van der Waals surface area contributed by atoms with Crippen molar-refractivity contribution < 1.29 is 18.3 Å². The van der Waals surface area contributed by atoms with E-state index in [0.717, 1.165) is 5.56 Å². The molecule has 0 spiro atoms. The largest absolute Gasteiger partial charge is 0.586 e. The monoisotopic (exact) mass is 243 g/mol. The predicted octanol–water partition coefficient (Wildman–Crippen LogP) is 3.05. The van der Waals surface area contributed by atoms with Crippen molar-refractivity contribution in [2.75, 3.05) is 0 Å². The standard InChI is InChI=1S/C12H15F2NO2/c1-11(2,3)10(15)7-4-5-8-9(6-7)17-12(13,14)16-8/h4-6,10H,15H2,1-3H3/t10-/m1/s1. The lowest BCUT2D eigenvalue weighted by molar-refractivity contribution is -0.286. The van der Waals surface area contributed by atoms with Gasteiger partial charge in [0.1, 0.15) is 0 Å². The summed E-state index contributed by atoms with van der Waals surface area (Å²) in [6, 6.07) is 4.38. The van der Waals surface area contributed by atoms with Crippen LogP contribution in [0, 0.1) is 5.41 Å². The van der Waals surface area contributed by atoms with Gasteiger partial charge in [-0.25, -0.2) is 0 Å². The summed E-state index contributed by atoms with van der Waals surface area (Å²) in [5.74, 6) is 0.0760. The zero-order valence-electron chi connectivity index (χ0n) is 9.96. The van der Waals surface area contributed by atoms with E-state index in [1.165, 1.54) is 12.1 Å². The summed E-state index contributed by atoms with van der Waals surface area (Å²) >= 11 is 0. The first-order chi connectivity index (χ1) is 7.69. The van der Waals surface area contributed by atoms with E-state index in [2.05, 4.69) is 9.47 Å². The van der Waals surface area contributed by atoms with E-state index in [1.807, 2.05) is 20.8 Å². The topological polar surface area (TPSA) is 44.5 Å². The highest BCUT2D eigenvalue weighted by Crippen LogP contribution is 2.43. The molecule has 2 rings (SSSR count). The number of nitrogens with two attached hydrogens (primary N) is 1. The first-order valence-corrected chi connectivity index (χ1v) is 5.34. The highest BCUT2D eigenvalue weighted by molar-refractivity contribution is 5.46. The van der Waals surface area contributed by atoms with Crippen LogP contribution in [0.15, 0.2) is 18.2 Å². The van der Waals surface area contributed by atoms with E-state index < -0.39 is 6.29 Å². The van der Waals surface area contributed by atoms with Crippen molar-refractivity contribution in [2.45, 2.75) is 33.1 Å². The average molecular weight is 243 g/mol. The van der Waals surface area contributed by atoms with Gasteiger partial charge in [0, 0.05) is 6.04 Å². The van der Waals surface area contributed by atoms with Crippen LogP contribution >= 0.6 is 0 Å². The third kappa shape index (κ3) is 2.34. The number of alkyl halides is 2. The van der Waals surface area contributed by atoms with E-state index in [0.29, 0.717) is 0 Å². The Bertz CT molecular complexity index is 441. The molecule has 1 aromatic rings. The van der Waals surface area contributed by atoms with Gasteiger partial charge >= 0.3 is 6.29 Å². The normalized spacial score (nSPS) is 19.2. The first kappa shape index (κ1) is 12.1. The van der Waals surface area contributed by atoms with Gasteiger partial charge in [-0.1, -0.05) is 26.8 Å². The molecule has 1 aliphatic rings. The van der Waals surface area contributed by atoms with E-state index in [4.69, 9.17) is 5.73 Å². The highest BCUT2D eigenvalue weighted by atomic mass is 19.3. The number of rotatable bonds is 1. The molecule has 0 fully saturated rings. The molecule has 17 heavy (non-hydrogen) atoms. The number of benzene rings is 1. The number of ether oxygens (including phenoxy) is 2. The fourth-order valence-electron chi connectivity index (χ4n) is 1.66. The molecule has 2 N–H and O–H groups in total. The van der Waals surface area contributed by atoms with Gasteiger partial charge in [0.15, 0.2) is 11.5 Å². The summed E-state index contributed by atoms with van der Waals surface area (Å²) < 4.78 is 34.4. The lowest BCUT2D eigenvalue weighted by atomic mass is 9.83. The van der Waals surface area contributed by atoms with Gasteiger partial charge in [-0.05, 0) is 23.1 Å². The number of hydrogen-bond acceptors (Lipinski definition) is 3. The molecule has 0 aliphatic carbocycles. The zero-order valence-corrected chi connectivity index (χ0v) is 9.96.